The lowest BCUT2D eigenvalue weighted by Crippen LogP contribution is -2.30. The Balaban J connectivity index is 2.10. The molecule has 1 aliphatic carbocycles. The number of nitrogens with one attached hydrogen (secondary N) is 1. The lowest BCUT2D eigenvalue weighted by Gasteiger charge is -2.32. The Hall–Kier alpha value is -2.62. The fraction of sp³-hybridized carbons (Fsp3) is 0.250. The first-order valence-corrected chi connectivity index (χ1v) is 7.90. The van der Waals surface area contributed by atoms with Gasteiger partial charge in [-0.3, -0.25) is 4.79 Å². The number of carbonyl (C=O) groups excluding carboxylic acids is 1. The van der Waals surface area contributed by atoms with Crippen LogP contribution in [0.5, 0.6) is 5.75 Å². The summed E-state index contributed by atoms with van der Waals surface area (Å²) in [5.41, 5.74) is 3.39. The highest BCUT2D eigenvalue weighted by Crippen LogP contribution is 2.45. The third-order valence-electron chi connectivity index (χ3n) is 5.10. The maximum atomic E-state index is 14.5. The molecule has 4 rings (SSSR count). The molecular formula is C20H18FNO2. The van der Waals surface area contributed by atoms with Crippen LogP contribution >= 0.6 is 0 Å². The monoisotopic (exact) mass is 323 g/mol. The van der Waals surface area contributed by atoms with Crippen molar-refractivity contribution in [1.82, 2.24) is 4.98 Å². The number of methoxy groups -OCH3 is 1. The molecule has 2 aromatic carbocycles. The maximum Gasteiger partial charge on any atom is 0.195 e. The average molecular weight is 323 g/mol. The van der Waals surface area contributed by atoms with E-state index in [0.717, 1.165) is 11.3 Å². The zero-order valence-electron chi connectivity index (χ0n) is 14.1. The molecule has 1 aliphatic rings. The molecule has 0 spiro atoms. The second-order valence-corrected chi connectivity index (χ2v) is 6.86. The molecule has 0 unspecified atom stereocenters. The van der Waals surface area contributed by atoms with Crippen LogP contribution in [0.15, 0.2) is 30.3 Å². The van der Waals surface area contributed by atoms with Gasteiger partial charge in [0, 0.05) is 22.1 Å². The van der Waals surface area contributed by atoms with Crippen LogP contribution in [0, 0.1) is 12.7 Å². The number of H-pyrrole nitrogens is 1. The molecule has 24 heavy (non-hydrogen) atoms. The van der Waals surface area contributed by atoms with Gasteiger partial charge < -0.3 is 9.72 Å². The Kier molecular flexibility index (Phi) is 2.92. The summed E-state index contributed by atoms with van der Waals surface area (Å²) in [5, 5.41) is 0.646. The molecule has 3 aromatic rings. The summed E-state index contributed by atoms with van der Waals surface area (Å²) >= 11 is 0. The molecule has 122 valence electrons. The number of aryl methyl sites for hydroxylation is 1. The Morgan fingerprint density at radius 1 is 1.17 bits per heavy atom. The minimum atomic E-state index is -0.452. The van der Waals surface area contributed by atoms with Crippen LogP contribution in [0.1, 0.15) is 46.6 Å². The van der Waals surface area contributed by atoms with E-state index in [4.69, 9.17) is 4.74 Å². The molecule has 0 bridgehead atoms. The zero-order valence-corrected chi connectivity index (χ0v) is 14.1. The van der Waals surface area contributed by atoms with Crippen LogP contribution in [0.25, 0.3) is 10.9 Å². The van der Waals surface area contributed by atoms with E-state index < -0.39 is 5.41 Å². The molecule has 1 heterocycles. The fourth-order valence-electron chi connectivity index (χ4n) is 3.67. The number of hydrogen-bond acceptors (Lipinski definition) is 2. The number of aromatic amines is 1. The van der Waals surface area contributed by atoms with E-state index in [1.807, 2.05) is 26.0 Å². The number of halogens is 1. The number of hydrogen-bond donors (Lipinski definition) is 1. The smallest absolute Gasteiger partial charge is 0.195 e. The normalized spacial score (nSPS) is 15.3. The number of ether oxygens (including phenoxy) is 1. The maximum absolute atomic E-state index is 14.5. The molecule has 0 radical (unpaired) electrons. The Labute approximate surface area is 139 Å². The van der Waals surface area contributed by atoms with Crippen molar-refractivity contribution in [2.75, 3.05) is 7.11 Å². The summed E-state index contributed by atoms with van der Waals surface area (Å²) in [4.78, 5) is 16.3. The first kappa shape index (κ1) is 14.9. The van der Waals surface area contributed by atoms with Crippen molar-refractivity contribution < 1.29 is 13.9 Å². The Bertz CT molecular complexity index is 1010. The summed E-state index contributed by atoms with van der Waals surface area (Å²) in [6.45, 7) is 5.80. The third-order valence-corrected chi connectivity index (χ3v) is 5.10. The van der Waals surface area contributed by atoms with Crippen LogP contribution in [0.4, 0.5) is 4.39 Å². The summed E-state index contributed by atoms with van der Waals surface area (Å²) < 4.78 is 19.9. The van der Waals surface area contributed by atoms with Gasteiger partial charge in [-0.25, -0.2) is 4.39 Å². The van der Waals surface area contributed by atoms with Gasteiger partial charge in [0.25, 0.3) is 0 Å². The van der Waals surface area contributed by atoms with Crippen molar-refractivity contribution >= 4 is 16.7 Å². The van der Waals surface area contributed by atoms with Gasteiger partial charge >= 0.3 is 0 Å². The van der Waals surface area contributed by atoms with Crippen LogP contribution < -0.4 is 4.74 Å². The van der Waals surface area contributed by atoms with Crippen molar-refractivity contribution in [2.24, 2.45) is 0 Å². The van der Waals surface area contributed by atoms with Gasteiger partial charge in [0.05, 0.1) is 18.2 Å². The number of carbonyl (C=O) groups is 1. The van der Waals surface area contributed by atoms with Gasteiger partial charge in [0.2, 0.25) is 0 Å². The Morgan fingerprint density at radius 3 is 2.62 bits per heavy atom. The van der Waals surface area contributed by atoms with Crippen molar-refractivity contribution in [3.8, 4) is 5.75 Å². The molecule has 1 aromatic heterocycles. The third kappa shape index (κ3) is 1.74. The number of fused-ring (bicyclic) bond motifs is 4. The molecule has 0 amide bonds. The minimum Gasteiger partial charge on any atom is -0.497 e. The van der Waals surface area contributed by atoms with Gasteiger partial charge in [-0.15, -0.1) is 0 Å². The van der Waals surface area contributed by atoms with Gasteiger partial charge in [-0.05, 0) is 36.2 Å². The van der Waals surface area contributed by atoms with Crippen LogP contribution in [0.3, 0.4) is 0 Å². The van der Waals surface area contributed by atoms with Crippen LogP contribution in [0.2, 0.25) is 0 Å². The minimum absolute atomic E-state index is 0.0727. The van der Waals surface area contributed by atoms with Crippen molar-refractivity contribution in [3.05, 3.63) is 64.1 Å². The molecule has 0 aliphatic heterocycles. The van der Waals surface area contributed by atoms with E-state index in [1.165, 1.54) is 0 Å². The van der Waals surface area contributed by atoms with Crippen molar-refractivity contribution in [3.63, 3.8) is 0 Å². The molecule has 0 fully saturated rings. The van der Waals surface area contributed by atoms with E-state index in [0.29, 0.717) is 33.3 Å². The number of benzene rings is 2. The highest BCUT2D eigenvalue weighted by Gasteiger charge is 2.40. The highest BCUT2D eigenvalue weighted by molar-refractivity contribution is 6.20. The van der Waals surface area contributed by atoms with Gasteiger partial charge in [0.1, 0.15) is 11.6 Å². The molecular weight excluding hydrogens is 305 g/mol. The predicted molar refractivity (Wildman–Crippen MR) is 91.5 cm³/mol. The quantitative estimate of drug-likeness (QED) is 0.717. The van der Waals surface area contributed by atoms with Crippen molar-refractivity contribution in [2.45, 2.75) is 26.2 Å². The molecule has 0 saturated heterocycles. The van der Waals surface area contributed by atoms with E-state index >= 15 is 0 Å². The standard InChI is InChI=1S/C20H18FNO2/c1-10-5-7-13-15-18(23)12-8-6-11(24-4)9-14(12)20(2,3)19(15)22-17(13)16(10)21/h5-9,22H,1-4H3. The number of aromatic nitrogens is 1. The SMILES string of the molecule is COc1ccc2c(c1)C(C)(C)c1[nH]c3c(F)c(C)ccc3c1C2=O. The second kappa shape index (κ2) is 4.69. The summed E-state index contributed by atoms with van der Waals surface area (Å²) in [5.74, 6) is 0.333. The molecule has 1 N–H and O–H groups in total. The number of rotatable bonds is 1. The summed E-state index contributed by atoms with van der Waals surface area (Å²) in [6, 6.07) is 9.02. The van der Waals surface area contributed by atoms with Crippen LogP contribution in [-0.2, 0) is 5.41 Å². The Morgan fingerprint density at radius 2 is 1.92 bits per heavy atom. The summed E-state index contributed by atoms with van der Waals surface area (Å²) in [6.07, 6.45) is 0. The highest BCUT2D eigenvalue weighted by atomic mass is 19.1. The van der Waals surface area contributed by atoms with E-state index in [-0.39, 0.29) is 11.6 Å². The number of ketones is 1. The van der Waals surface area contributed by atoms with Gasteiger partial charge in [0.15, 0.2) is 5.78 Å². The molecule has 3 nitrogen and oxygen atoms in total. The van der Waals surface area contributed by atoms with Crippen LogP contribution in [-0.4, -0.2) is 17.9 Å². The first-order chi connectivity index (χ1) is 11.4. The lowest BCUT2D eigenvalue weighted by atomic mass is 9.71. The first-order valence-electron chi connectivity index (χ1n) is 7.90. The lowest BCUT2D eigenvalue weighted by molar-refractivity contribution is 0.103. The molecule has 0 saturated carbocycles. The summed E-state index contributed by atoms with van der Waals surface area (Å²) in [7, 11) is 1.60. The van der Waals surface area contributed by atoms with E-state index in [2.05, 4.69) is 4.98 Å². The van der Waals surface area contributed by atoms with Gasteiger partial charge in [-0.2, -0.15) is 0 Å². The molecule has 0 atom stereocenters. The van der Waals surface area contributed by atoms with Gasteiger partial charge in [-0.1, -0.05) is 26.0 Å². The average Bonchev–Trinajstić information content (AvgIpc) is 2.97. The van der Waals surface area contributed by atoms with Crippen molar-refractivity contribution in [1.29, 1.82) is 0 Å². The zero-order chi connectivity index (χ0) is 17.2. The fourth-order valence-corrected chi connectivity index (χ4v) is 3.67. The predicted octanol–water partition coefficient (Wildman–Crippen LogP) is 4.49. The van der Waals surface area contributed by atoms with E-state index in [1.54, 1.807) is 32.2 Å². The van der Waals surface area contributed by atoms with E-state index in [9.17, 15) is 9.18 Å². The molecule has 4 heteroatoms. The topological polar surface area (TPSA) is 42.1 Å². The second-order valence-electron chi connectivity index (χ2n) is 6.86. The largest absolute Gasteiger partial charge is 0.497 e.